The van der Waals surface area contributed by atoms with Crippen molar-refractivity contribution < 1.29 is 34.7 Å². The molecule has 2 fully saturated rings. The van der Waals surface area contributed by atoms with Crippen molar-refractivity contribution in [2.75, 3.05) is 37.7 Å². The van der Waals surface area contributed by atoms with Gasteiger partial charge in [-0.3, -0.25) is 9.79 Å². The fourth-order valence-electron chi connectivity index (χ4n) is 9.65. The molecule has 2 spiro atoms. The third kappa shape index (κ3) is 11.0. The van der Waals surface area contributed by atoms with Crippen molar-refractivity contribution in [2.24, 2.45) is 28.0 Å². The summed E-state index contributed by atoms with van der Waals surface area (Å²) in [5.41, 5.74) is 6.60. The van der Waals surface area contributed by atoms with Gasteiger partial charge in [0.25, 0.3) is 0 Å². The molecule has 6 rings (SSSR count). The highest BCUT2D eigenvalue weighted by atomic mass is 33.1. The zero-order valence-electron chi connectivity index (χ0n) is 33.3. The molecule has 14 heteroatoms. The van der Waals surface area contributed by atoms with Crippen molar-refractivity contribution in [2.45, 2.75) is 146 Å². The van der Waals surface area contributed by atoms with Gasteiger partial charge in [-0.15, -0.1) is 0 Å². The summed E-state index contributed by atoms with van der Waals surface area (Å²) in [6.07, 6.45) is 8.11. The first-order valence-electron chi connectivity index (χ1n) is 20.9. The van der Waals surface area contributed by atoms with Crippen molar-refractivity contribution in [3.8, 4) is 23.3 Å². The Hall–Kier alpha value is -2.38. The molecular weight excluding hydrogens is 751 g/mol. The van der Waals surface area contributed by atoms with Crippen molar-refractivity contribution in [3.05, 3.63) is 23.3 Å². The van der Waals surface area contributed by atoms with Gasteiger partial charge in [0.05, 0.1) is 30.8 Å². The van der Waals surface area contributed by atoms with E-state index in [-0.39, 0.29) is 54.3 Å². The van der Waals surface area contributed by atoms with Crippen LogP contribution in [0.1, 0.15) is 108 Å². The minimum atomic E-state index is -0.989. The predicted molar refractivity (Wildman–Crippen MR) is 223 cm³/mol. The number of hydrogen-bond acceptors (Lipinski definition) is 14. The molecule has 2 aliphatic carbocycles. The monoisotopic (exact) mass is 815 g/mol. The quantitative estimate of drug-likeness (QED) is 0.124. The number of aromatic hydroxyl groups is 1. The molecule has 5 aliphatic rings. The Morgan fingerprint density at radius 3 is 2.68 bits per heavy atom. The third-order valence-electron chi connectivity index (χ3n) is 13.0. The maximum Gasteiger partial charge on any atom is 0.302 e. The van der Waals surface area contributed by atoms with Gasteiger partial charge in [0.2, 0.25) is 0 Å². The molecule has 3 aliphatic heterocycles. The van der Waals surface area contributed by atoms with E-state index in [0.717, 1.165) is 88.1 Å². The number of phenols is 1. The number of aliphatic hydroxyl groups is 3. The summed E-state index contributed by atoms with van der Waals surface area (Å²) in [6, 6.07) is 3.40. The van der Waals surface area contributed by atoms with Crippen LogP contribution < -0.4 is 26.4 Å². The summed E-state index contributed by atoms with van der Waals surface area (Å²) in [5, 5.41) is 56.2. The average Bonchev–Trinajstić information content (AvgIpc) is 3.16. The first-order valence-corrected chi connectivity index (χ1v) is 23.4. The summed E-state index contributed by atoms with van der Waals surface area (Å²) >= 11 is 0. The summed E-state index contributed by atoms with van der Waals surface area (Å²) in [4.78, 5) is 17.6. The number of nitrogens with two attached hydrogens (primary N) is 1. The Kier molecular flexibility index (Phi) is 15.1. The third-order valence-corrected chi connectivity index (χ3v) is 15.5. The Balaban J connectivity index is 1.48. The fourth-order valence-corrected chi connectivity index (χ4v) is 12.2. The minimum absolute atomic E-state index is 0.0258. The van der Waals surface area contributed by atoms with Crippen molar-refractivity contribution >= 4 is 33.5 Å². The lowest BCUT2D eigenvalue weighted by Gasteiger charge is -2.43. The molecule has 1 aromatic rings. The number of rotatable bonds is 3. The number of benzene rings is 1. The van der Waals surface area contributed by atoms with Gasteiger partial charge in [-0.1, -0.05) is 59.1 Å². The van der Waals surface area contributed by atoms with Gasteiger partial charge in [-0.2, -0.15) is 0 Å². The number of carbonyl (C=O) groups is 1. The van der Waals surface area contributed by atoms with Crippen LogP contribution in [0.15, 0.2) is 17.1 Å². The van der Waals surface area contributed by atoms with Gasteiger partial charge < -0.3 is 51.6 Å². The second kappa shape index (κ2) is 19.6. The van der Waals surface area contributed by atoms with Gasteiger partial charge in [0, 0.05) is 67.3 Å². The number of fused-ring (bicyclic) bond motifs is 6. The number of esters is 1. The molecule has 0 radical (unpaired) electrons. The van der Waals surface area contributed by atoms with Crippen LogP contribution in [0.3, 0.4) is 0 Å². The molecule has 1 aromatic carbocycles. The Bertz CT molecular complexity index is 1580. The highest BCUT2D eigenvalue weighted by molar-refractivity contribution is 8.76. The highest BCUT2D eigenvalue weighted by Gasteiger charge is 2.42. The van der Waals surface area contributed by atoms with Crippen LogP contribution in [0.25, 0.3) is 0 Å². The van der Waals surface area contributed by atoms with Gasteiger partial charge in [-0.25, -0.2) is 0 Å². The number of aliphatic imine (C=N–C) groups is 1. The molecule has 312 valence electrons. The molecule has 12 nitrogen and oxygen atoms in total. The number of nitrogens with zero attached hydrogens (tertiary/aromatic N) is 1. The average molecular weight is 816 g/mol. The van der Waals surface area contributed by atoms with Crippen molar-refractivity contribution in [3.63, 3.8) is 0 Å². The zero-order chi connectivity index (χ0) is 39.8. The molecule has 3 heterocycles. The Labute approximate surface area is 341 Å². The van der Waals surface area contributed by atoms with E-state index < -0.39 is 29.7 Å². The van der Waals surface area contributed by atoms with Crippen LogP contribution in [0.5, 0.6) is 11.5 Å². The van der Waals surface area contributed by atoms with Gasteiger partial charge in [0.1, 0.15) is 12.2 Å². The number of piperidine rings is 1. The highest BCUT2D eigenvalue weighted by Crippen LogP contribution is 2.41. The van der Waals surface area contributed by atoms with E-state index in [1.165, 1.54) is 13.3 Å². The number of carbonyl (C=O) groups excluding carboxylic acids is 1. The van der Waals surface area contributed by atoms with Crippen LogP contribution >= 0.6 is 21.6 Å². The zero-order valence-corrected chi connectivity index (χ0v) is 35.0. The van der Waals surface area contributed by atoms with Crippen molar-refractivity contribution in [1.82, 2.24) is 16.0 Å². The van der Waals surface area contributed by atoms with Crippen LogP contribution in [0, 0.1) is 29.1 Å². The number of phenolic OH excluding ortho intramolecular Hbond substituents is 1. The lowest BCUT2D eigenvalue weighted by Crippen LogP contribution is -2.59. The summed E-state index contributed by atoms with van der Waals surface area (Å²) in [5.74, 6) is 8.63. The molecular formula is C42H65N5O7S2. The molecule has 56 heavy (non-hydrogen) atoms. The van der Waals surface area contributed by atoms with E-state index in [1.54, 1.807) is 13.0 Å². The van der Waals surface area contributed by atoms with E-state index in [4.69, 9.17) is 20.2 Å². The molecule has 6 bridgehead atoms. The van der Waals surface area contributed by atoms with E-state index >= 15 is 0 Å². The lowest BCUT2D eigenvalue weighted by molar-refractivity contribution is -0.152. The normalized spacial score (nSPS) is 33.9. The van der Waals surface area contributed by atoms with E-state index in [0.29, 0.717) is 43.0 Å². The molecule has 1 saturated carbocycles. The molecule has 8 unspecified atom stereocenters. The van der Waals surface area contributed by atoms with E-state index in [1.807, 2.05) is 27.7 Å². The van der Waals surface area contributed by atoms with E-state index in [2.05, 4.69) is 27.8 Å². The molecule has 1 saturated heterocycles. The molecule has 8 atom stereocenters. The van der Waals surface area contributed by atoms with E-state index in [9.17, 15) is 25.2 Å². The largest absolute Gasteiger partial charge is 0.504 e. The summed E-state index contributed by atoms with van der Waals surface area (Å²) < 4.78 is 12.7. The number of nitrogens with one attached hydrogen (secondary N) is 3. The first kappa shape index (κ1) is 43.2. The number of ether oxygens (including phenoxy) is 2. The van der Waals surface area contributed by atoms with Gasteiger partial charge >= 0.3 is 5.97 Å². The molecule has 9 N–H and O–H groups in total. The number of hydrogen-bond donors (Lipinski definition) is 8. The summed E-state index contributed by atoms with van der Waals surface area (Å²) in [7, 11) is 3.76. The maximum atomic E-state index is 12.7. The van der Waals surface area contributed by atoms with Crippen molar-refractivity contribution in [1.29, 1.82) is 0 Å². The van der Waals surface area contributed by atoms with Crippen LogP contribution in [0.4, 0.5) is 0 Å². The molecule has 0 aromatic heterocycles. The lowest BCUT2D eigenvalue weighted by atomic mass is 9.72. The van der Waals surface area contributed by atoms with Crippen LogP contribution in [0.2, 0.25) is 0 Å². The molecule has 0 amide bonds. The standard InChI is InChI=1S/C42H65N5O7S2/c1-28(49)40-14-8-30-7-6-13-42(26-44-17-18-55-56-27-41(11-4-3-5-12-41)47-39(43)45-25-40)23-34(10-16-46-42)54-38-21-31(32(24-48)20-36(38)52)19-35(30)37(53-29(2)50)22-33(51)9-15-40/h20-21,28,30,33-35,37,44,46,48-49,51-52H,3-7,9-13,15-19,22-27H2,1-2H3,(H3,43,45,47). The SMILES string of the molecule is CC(=O)OC1CC(O)CCC2(C(C)O)C#CC3CCCC4(CNCCSSCC5(CCCCC5)NC(N)=NC2)CC(CCN4)Oc2cc(c(CO)cc2O)CC31. The fraction of sp³-hybridized carbons (Fsp3) is 0.762. The Morgan fingerprint density at radius 2 is 1.91 bits per heavy atom. The van der Waals surface area contributed by atoms with Gasteiger partial charge in [0.15, 0.2) is 17.5 Å². The van der Waals surface area contributed by atoms with Crippen LogP contribution in [-0.2, 0) is 22.6 Å². The number of guanidine groups is 1. The summed E-state index contributed by atoms with van der Waals surface area (Å²) in [6.45, 7) is 5.39. The minimum Gasteiger partial charge on any atom is -0.504 e. The number of aliphatic hydroxyl groups excluding tert-OH is 3. The van der Waals surface area contributed by atoms with Gasteiger partial charge in [-0.05, 0) is 88.1 Å². The van der Waals surface area contributed by atoms with Crippen LogP contribution in [-0.4, -0.2) is 106 Å². The second-order valence-corrected chi connectivity index (χ2v) is 19.7. The maximum absolute atomic E-state index is 12.7. The smallest absolute Gasteiger partial charge is 0.302 e. The second-order valence-electron chi connectivity index (χ2n) is 17.2. The predicted octanol–water partition coefficient (Wildman–Crippen LogP) is 4.15. The topological polar surface area (TPSA) is 191 Å². The Morgan fingerprint density at radius 1 is 1.11 bits per heavy atom. The first-order chi connectivity index (χ1) is 26.9.